The van der Waals surface area contributed by atoms with Crippen molar-refractivity contribution in [2.75, 3.05) is 0 Å². The van der Waals surface area contributed by atoms with Gasteiger partial charge in [0.15, 0.2) is 0 Å². The lowest BCUT2D eigenvalue weighted by atomic mass is 9.84. The van der Waals surface area contributed by atoms with Gasteiger partial charge < -0.3 is 5.11 Å². The van der Waals surface area contributed by atoms with E-state index in [0.717, 1.165) is 36.8 Å². The van der Waals surface area contributed by atoms with Crippen molar-refractivity contribution in [1.29, 1.82) is 0 Å². The number of aromatic nitrogens is 2. The zero-order valence-electron chi connectivity index (χ0n) is 11.3. The van der Waals surface area contributed by atoms with Crippen LogP contribution in [-0.4, -0.2) is 20.9 Å². The molecule has 1 saturated carbocycles. The molecule has 4 nitrogen and oxygen atoms in total. The second-order valence-electron chi connectivity index (χ2n) is 5.37. The highest BCUT2D eigenvalue weighted by molar-refractivity contribution is 5.70. The van der Waals surface area contributed by atoms with E-state index in [2.05, 4.69) is 5.10 Å². The molecular weight excluding hydrogens is 252 g/mol. The smallest absolute Gasteiger partial charge is 0.308 e. The number of nitrogens with zero attached hydrogens (tertiary/aromatic N) is 2. The summed E-state index contributed by atoms with van der Waals surface area (Å²) in [6, 6.07) is 10.0. The van der Waals surface area contributed by atoms with Crippen molar-refractivity contribution in [3.8, 4) is 11.1 Å². The minimum atomic E-state index is -0.702. The Morgan fingerprint density at radius 3 is 2.65 bits per heavy atom. The van der Waals surface area contributed by atoms with Crippen LogP contribution >= 0.6 is 0 Å². The van der Waals surface area contributed by atoms with Gasteiger partial charge in [0, 0.05) is 11.8 Å². The molecule has 1 aromatic heterocycles. The van der Waals surface area contributed by atoms with E-state index in [9.17, 15) is 9.90 Å². The van der Waals surface area contributed by atoms with Crippen LogP contribution in [0.15, 0.2) is 42.7 Å². The Labute approximate surface area is 118 Å². The highest BCUT2D eigenvalue weighted by Gasteiger charge is 2.32. The van der Waals surface area contributed by atoms with Crippen LogP contribution in [0.3, 0.4) is 0 Å². The van der Waals surface area contributed by atoms with Crippen molar-refractivity contribution in [2.24, 2.45) is 5.92 Å². The lowest BCUT2D eigenvalue weighted by Gasteiger charge is -2.28. The van der Waals surface area contributed by atoms with E-state index in [4.69, 9.17) is 0 Å². The molecule has 0 saturated heterocycles. The molecule has 1 aromatic carbocycles. The van der Waals surface area contributed by atoms with Crippen LogP contribution in [0.25, 0.3) is 11.1 Å². The molecule has 20 heavy (non-hydrogen) atoms. The number of benzene rings is 1. The topological polar surface area (TPSA) is 55.1 Å². The van der Waals surface area contributed by atoms with Crippen LogP contribution in [0.2, 0.25) is 0 Å². The molecule has 0 bridgehead atoms. The SMILES string of the molecule is O=C(O)C1CCCCC1n1cc(-c2ccccc2)cn1. The standard InChI is InChI=1S/C16H18N2O2/c19-16(20)14-8-4-5-9-15(14)18-11-13(10-17-18)12-6-2-1-3-7-12/h1-3,6-7,10-11,14-15H,4-5,8-9H2,(H,19,20). The fourth-order valence-electron chi connectivity index (χ4n) is 3.02. The molecule has 2 aromatic rings. The maximum absolute atomic E-state index is 11.4. The fourth-order valence-corrected chi connectivity index (χ4v) is 3.02. The quantitative estimate of drug-likeness (QED) is 0.930. The monoisotopic (exact) mass is 270 g/mol. The summed E-state index contributed by atoms with van der Waals surface area (Å²) in [6.45, 7) is 0. The average Bonchev–Trinajstić information content (AvgIpc) is 2.98. The Morgan fingerprint density at radius 2 is 1.90 bits per heavy atom. The summed E-state index contributed by atoms with van der Waals surface area (Å²) >= 11 is 0. The molecule has 2 unspecified atom stereocenters. The molecule has 104 valence electrons. The first kappa shape index (κ1) is 12.9. The lowest BCUT2D eigenvalue weighted by molar-refractivity contribution is -0.144. The van der Waals surface area contributed by atoms with E-state index in [1.807, 2.05) is 47.4 Å². The van der Waals surface area contributed by atoms with Gasteiger partial charge in [-0.25, -0.2) is 0 Å². The summed E-state index contributed by atoms with van der Waals surface area (Å²) < 4.78 is 1.85. The van der Waals surface area contributed by atoms with Crippen molar-refractivity contribution in [1.82, 2.24) is 9.78 Å². The van der Waals surface area contributed by atoms with Crippen LogP contribution < -0.4 is 0 Å². The van der Waals surface area contributed by atoms with Crippen molar-refractivity contribution >= 4 is 5.97 Å². The van der Waals surface area contributed by atoms with Gasteiger partial charge >= 0.3 is 5.97 Å². The van der Waals surface area contributed by atoms with Crippen LogP contribution in [0.1, 0.15) is 31.7 Å². The van der Waals surface area contributed by atoms with E-state index in [-0.39, 0.29) is 12.0 Å². The number of hydrogen-bond acceptors (Lipinski definition) is 2. The normalized spacial score (nSPS) is 22.6. The first-order chi connectivity index (χ1) is 9.75. The number of carboxylic acid groups (broad SMARTS) is 1. The highest BCUT2D eigenvalue weighted by Crippen LogP contribution is 2.34. The van der Waals surface area contributed by atoms with E-state index in [0.29, 0.717) is 0 Å². The summed E-state index contributed by atoms with van der Waals surface area (Å²) in [4.78, 5) is 11.4. The van der Waals surface area contributed by atoms with E-state index in [1.54, 1.807) is 0 Å². The fraction of sp³-hybridized carbons (Fsp3) is 0.375. The Hall–Kier alpha value is -2.10. The Balaban J connectivity index is 1.87. The van der Waals surface area contributed by atoms with Crippen LogP contribution in [0, 0.1) is 5.92 Å². The summed E-state index contributed by atoms with van der Waals surface area (Å²) in [5.41, 5.74) is 2.15. The molecule has 1 aliphatic rings. The number of aliphatic carboxylic acids is 1. The van der Waals surface area contributed by atoms with Gasteiger partial charge in [0.1, 0.15) is 0 Å². The number of hydrogen-bond donors (Lipinski definition) is 1. The van der Waals surface area contributed by atoms with Gasteiger partial charge in [-0.1, -0.05) is 43.2 Å². The molecule has 3 rings (SSSR count). The Bertz CT molecular complexity index is 592. The molecule has 1 fully saturated rings. The molecule has 1 heterocycles. The van der Waals surface area contributed by atoms with E-state index < -0.39 is 5.97 Å². The van der Waals surface area contributed by atoms with Gasteiger partial charge in [0.2, 0.25) is 0 Å². The van der Waals surface area contributed by atoms with E-state index >= 15 is 0 Å². The van der Waals surface area contributed by atoms with Gasteiger partial charge in [0.25, 0.3) is 0 Å². The molecule has 1 aliphatic carbocycles. The van der Waals surface area contributed by atoms with Crippen molar-refractivity contribution < 1.29 is 9.90 Å². The lowest BCUT2D eigenvalue weighted by Crippen LogP contribution is -2.29. The zero-order valence-corrected chi connectivity index (χ0v) is 11.3. The second kappa shape index (κ2) is 5.49. The number of rotatable bonds is 3. The average molecular weight is 270 g/mol. The maximum atomic E-state index is 11.4. The van der Waals surface area contributed by atoms with Gasteiger partial charge in [-0.05, 0) is 18.4 Å². The van der Waals surface area contributed by atoms with Gasteiger partial charge in [-0.2, -0.15) is 5.10 Å². The third-order valence-corrected chi connectivity index (χ3v) is 4.10. The Morgan fingerprint density at radius 1 is 1.15 bits per heavy atom. The van der Waals surface area contributed by atoms with Crippen molar-refractivity contribution in [2.45, 2.75) is 31.7 Å². The molecule has 0 amide bonds. The second-order valence-corrected chi connectivity index (χ2v) is 5.37. The molecule has 0 spiro atoms. The van der Waals surface area contributed by atoms with Gasteiger partial charge in [-0.3, -0.25) is 9.48 Å². The summed E-state index contributed by atoms with van der Waals surface area (Å²) in [7, 11) is 0. The maximum Gasteiger partial charge on any atom is 0.308 e. The zero-order chi connectivity index (χ0) is 13.9. The molecule has 0 aliphatic heterocycles. The number of carboxylic acids is 1. The first-order valence-corrected chi connectivity index (χ1v) is 7.08. The number of carbonyl (C=O) groups is 1. The minimum Gasteiger partial charge on any atom is -0.481 e. The molecular formula is C16H18N2O2. The van der Waals surface area contributed by atoms with Crippen molar-refractivity contribution in [3.05, 3.63) is 42.7 Å². The predicted octanol–water partition coefficient (Wildman–Crippen LogP) is 3.37. The van der Waals surface area contributed by atoms with Crippen LogP contribution in [-0.2, 0) is 4.79 Å². The largest absolute Gasteiger partial charge is 0.481 e. The summed E-state index contributed by atoms with van der Waals surface area (Å²) in [5.74, 6) is -1.02. The molecule has 2 atom stereocenters. The van der Waals surface area contributed by atoms with E-state index in [1.165, 1.54) is 0 Å². The van der Waals surface area contributed by atoms with Crippen molar-refractivity contribution in [3.63, 3.8) is 0 Å². The van der Waals surface area contributed by atoms with Gasteiger partial charge in [-0.15, -0.1) is 0 Å². The molecule has 4 heteroatoms. The summed E-state index contributed by atoms with van der Waals surface area (Å²) in [6.07, 6.45) is 7.52. The highest BCUT2D eigenvalue weighted by atomic mass is 16.4. The predicted molar refractivity (Wildman–Crippen MR) is 76.3 cm³/mol. The third-order valence-electron chi connectivity index (χ3n) is 4.10. The van der Waals surface area contributed by atoms with Crippen LogP contribution in [0.4, 0.5) is 0 Å². The third kappa shape index (κ3) is 2.46. The minimum absolute atomic E-state index is 0.0151. The Kier molecular flexibility index (Phi) is 3.54. The molecule has 0 radical (unpaired) electrons. The van der Waals surface area contributed by atoms with Crippen LogP contribution in [0.5, 0.6) is 0 Å². The van der Waals surface area contributed by atoms with Gasteiger partial charge in [0.05, 0.1) is 18.2 Å². The first-order valence-electron chi connectivity index (χ1n) is 7.08. The molecule has 1 N–H and O–H groups in total. The summed E-state index contributed by atoms with van der Waals surface area (Å²) in [5, 5.41) is 13.8.